The van der Waals surface area contributed by atoms with E-state index in [1.54, 1.807) is 0 Å². The summed E-state index contributed by atoms with van der Waals surface area (Å²) in [5.74, 6) is -0.154. The SMILES string of the molecule is O=C(CCc1ccc(N2CCCC2)cc1)N1CCC2(CC1)OCCO2. The van der Waals surface area contributed by atoms with Gasteiger partial charge in [0.1, 0.15) is 0 Å². The fraction of sp³-hybridized carbons (Fsp3) is 0.650. The summed E-state index contributed by atoms with van der Waals surface area (Å²) in [4.78, 5) is 16.9. The van der Waals surface area contributed by atoms with Gasteiger partial charge >= 0.3 is 0 Å². The maximum Gasteiger partial charge on any atom is 0.222 e. The number of nitrogens with zero attached hydrogens (tertiary/aromatic N) is 2. The molecule has 5 heteroatoms. The fourth-order valence-electron chi connectivity index (χ4n) is 4.14. The maximum atomic E-state index is 12.5. The Bertz CT molecular complexity index is 579. The van der Waals surface area contributed by atoms with E-state index in [-0.39, 0.29) is 5.91 Å². The highest BCUT2D eigenvalue weighted by Gasteiger charge is 2.40. The minimum Gasteiger partial charge on any atom is -0.372 e. The molecule has 1 aromatic rings. The van der Waals surface area contributed by atoms with Crippen LogP contribution in [0.3, 0.4) is 0 Å². The zero-order valence-corrected chi connectivity index (χ0v) is 14.9. The number of aryl methyl sites for hydroxylation is 1. The summed E-state index contributed by atoms with van der Waals surface area (Å²) >= 11 is 0. The van der Waals surface area contributed by atoms with Gasteiger partial charge in [-0.1, -0.05) is 12.1 Å². The fourth-order valence-corrected chi connectivity index (χ4v) is 4.14. The summed E-state index contributed by atoms with van der Waals surface area (Å²) in [6.07, 6.45) is 5.57. The number of carbonyl (C=O) groups is 1. The summed E-state index contributed by atoms with van der Waals surface area (Å²) in [5.41, 5.74) is 2.55. The van der Waals surface area contributed by atoms with Gasteiger partial charge in [-0.2, -0.15) is 0 Å². The lowest BCUT2D eigenvalue weighted by molar-refractivity contribution is -0.187. The predicted molar refractivity (Wildman–Crippen MR) is 96.7 cm³/mol. The molecular formula is C20H28N2O3. The monoisotopic (exact) mass is 344 g/mol. The van der Waals surface area contributed by atoms with Gasteiger partial charge in [-0.3, -0.25) is 4.79 Å². The Morgan fingerprint density at radius 2 is 1.60 bits per heavy atom. The molecule has 3 aliphatic heterocycles. The Hall–Kier alpha value is -1.59. The van der Waals surface area contributed by atoms with E-state index in [4.69, 9.17) is 9.47 Å². The van der Waals surface area contributed by atoms with Crippen LogP contribution in [0.1, 0.15) is 37.7 Å². The molecule has 4 rings (SSSR count). The van der Waals surface area contributed by atoms with Gasteiger partial charge in [0.25, 0.3) is 0 Å². The van der Waals surface area contributed by atoms with Crippen molar-refractivity contribution in [3.63, 3.8) is 0 Å². The summed E-state index contributed by atoms with van der Waals surface area (Å²) in [5, 5.41) is 0. The van der Waals surface area contributed by atoms with Crippen molar-refractivity contribution >= 4 is 11.6 Å². The second kappa shape index (κ2) is 7.34. The number of piperidine rings is 1. The molecule has 3 aliphatic rings. The van der Waals surface area contributed by atoms with Gasteiger partial charge in [-0.05, 0) is 37.0 Å². The summed E-state index contributed by atoms with van der Waals surface area (Å²) in [6, 6.07) is 8.74. The molecule has 1 aromatic carbocycles. The van der Waals surface area contributed by atoms with Gasteiger partial charge in [-0.15, -0.1) is 0 Å². The lowest BCUT2D eigenvalue weighted by Crippen LogP contribution is -2.47. The number of carbonyl (C=O) groups excluding carboxylic acids is 1. The van der Waals surface area contributed by atoms with Crippen LogP contribution in [-0.2, 0) is 20.7 Å². The van der Waals surface area contributed by atoms with Gasteiger partial charge in [0.05, 0.1) is 13.2 Å². The van der Waals surface area contributed by atoms with Crippen LogP contribution in [0.15, 0.2) is 24.3 Å². The van der Waals surface area contributed by atoms with Crippen LogP contribution in [0.4, 0.5) is 5.69 Å². The summed E-state index contributed by atoms with van der Waals surface area (Å²) in [6.45, 7) is 5.19. The Labute approximate surface area is 149 Å². The molecule has 3 saturated heterocycles. The number of hydrogen-bond acceptors (Lipinski definition) is 4. The van der Waals surface area contributed by atoms with Crippen LogP contribution < -0.4 is 4.90 Å². The van der Waals surface area contributed by atoms with Gasteiger partial charge in [0, 0.05) is 51.1 Å². The standard InChI is InChI=1S/C20H28N2O3/c23-19(22-13-9-20(10-14-22)24-15-16-25-20)8-5-17-3-6-18(7-4-17)21-11-1-2-12-21/h3-4,6-7H,1-2,5,8-16H2. The van der Waals surface area contributed by atoms with Crippen LogP contribution >= 0.6 is 0 Å². The first kappa shape index (κ1) is 16.9. The average molecular weight is 344 g/mol. The van der Waals surface area contributed by atoms with Crippen molar-refractivity contribution in [1.29, 1.82) is 0 Å². The Morgan fingerprint density at radius 1 is 0.960 bits per heavy atom. The number of hydrogen-bond donors (Lipinski definition) is 0. The zero-order valence-electron chi connectivity index (χ0n) is 14.9. The molecular weight excluding hydrogens is 316 g/mol. The van der Waals surface area contributed by atoms with E-state index >= 15 is 0 Å². The molecule has 0 unspecified atom stereocenters. The first-order chi connectivity index (χ1) is 12.2. The van der Waals surface area contributed by atoms with Gasteiger partial charge < -0.3 is 19.3 Å². The van der Waals surface area contributed by atoms with Crippen molar-refractivity contribution in [2.24, 2.45) is 0 Å². The smallest absolute Gasteiger partial charge is 0.222 e. The second-order valence-corrected chi connectivity index (χ2v) is 7.35. The molecule has 0 atom stereocenters. The van der Waals surface area contributed by atoms with E-state index < -0.39 is 5.79 Å². The molecule has 0 saturated carbocycles. The van der Waals surface area contributed by atoms with Gasteiger partial charge in [0.15, 0.2) is 5.79 Å². The highest BCUT2D eigenvalue weighted by Crippen LogP contribution is 2.31. The van der Waals surface area contributed by atoms with Gasteiger partial charge in [0.2, 0.25) is 5.91 Å². The molecule has 3 heterocycles. The molecule has 0 bridgehead atoms. The Morgan fingerprint density at radius 3 is 2.24 bits per heavy atom. The van der Waals surface area contributed by atoms with E-state index in [0.717, 1.165) is 32.4 Å². The molecule has 3 fully saturated rings. The lowest BCUT2D eigenvalue weighted by atomic mass is 10.0. The maximum absolute atomic E-state index is 12.5. The van der Waals surface area contributed by atoms with Crippen LogP contribution in [0.25, 0.3) is 0 Å². The topological polar surface area (TPSA) is 42.0 Å². The highest BCUT2D eigenvalue weighted by atomic mass is 16.7. The molecule has 0 aromatic heterocycles. The van der Waals surface area contributed by atoms with Crippen molar-refractivity contribution in [2.45, 2.75) is 44.3 Å². The van der Waals surface area contributed by atoms with Crippen molar-refractivity contribution in [2.75, 3.05) is 44.3 Å². The van der Waals surface area contributed by atoms with Gasteiger partial charge in [-0.25, -0.2) is 0 Å². The van der Waals surface area contributed by atoms with Crippen LogP contribution in [0.2, 0.25) is 0 Å². The van der Waals surface area contributed by atoms with Crippen molar-refractivity contribution in [3.05, 3.63) is 29.8 Å². The number of amides is 1. The van der Waals surface area contributed by atoms with Crippen LogP contribution in [-0.4, -0.2) is 56.0 Å². The molecule has 0 N–H and O–H groups in total. The van der Waals surface area contributed by atoms with E-state index in [0.29, 0.717) is 19.6 Å². The zero-order chi connectivity index (χ0) is 17.1. The molecule has 0 aliphatic carbocycles. The predicted octanol–water partition coefficient (Wildman–Crippen LogP) is 2.58. The lowest BCUT2D eigenvalue weighted by Gasteiger charge is -2.37. The number of likely N-dealkylation sites (tertiary alicyclic amines) is 1. The third kappa shape index (κ3) is 3.82. The summed E-state index contributed by atoms with van der Waals surface area (Å²) in [7, 11) is 0. The van der Waals surface area contributed by atoms with Crippen LogP contribution in [0, 0.1) is 0 Å². The Kier molecular flexibility index (Phi) is 4.95. The second-order valence-electron chi connectivity index (χ2n) is 7.35. The average Bonchev–Trinajstić information content (AvgIpc) is 3.33. The van der Waals surface area contributed by atoms with E-state index in [1.807, 2.05) is 4.90 Å². The highest BCUT2D eigenvalue weighted by molar-refractivity contribution is 5.76. The van der Waals surface area contributed by atoms with Crippen LogP contribution in [0.5, 0.6) is 0 Å². The molecule has 25 heavy (non-hydrogen) atoms. The number of ether oxygens (including phenoxy) is 2. The van der Waals surface area contributed by atoms with E-state index in [2.05, 4.69) is 29.2 Å². The third-order valence-electron chi connectivity index (χ3n) is 5.73. The normalized spacial score (nSPS) is 22.7. The quantitative estimate of drug-likeness (QED) is 0.842. The molecule has 0 radical (unpaired) electrons. The number of benzene rings is 1. The number of anilines is 1. The molecule has 5 nitrogen and oxygen atoms in total. The number of rotatable bonds is 4. The van der Waals surface area contributed by atoms with E-state index in [9.17, 15) is 4.79 Å². The molecule has 1 spiro atoms. The first-order valence-electron chi connectivity index (χ1n) is 9.64. The largest absolute Gasteiger partial charge is 0.372 e. The van der Waals surface area contributed by atoms with Crippen molar-refractivity contribution < 1.29 is 14.3 Å². The Balaban J connectivity index is 1.24. The first-order valence-corrected chi connectivity index (χ1v) is 9.64. The minimum atomic E-state index is -0.401. The minimum absolute atomic E-state index is 0.247. The molecule has 136 valence electrons. The van der Waals surface area contributed by atoms with Crippen molar-refractivity contribution in [1.82, 2.24) is 4.90 Å². The van der Waals surface area contributed by atoms with Crippen molar-refractivity contribution in [3.8, 4) is 0 Å². The summed E-state index contributed by atoms with van der Waals surface area (Å²) < 4.78 is 11.5. The third-order valence-corrected chi connectivity index (χ3v) is 5.73. The molecule has 1 amide bonds. The van der Waals surface area contributed by atoms with E-state index in [1.165, 1.54) is 37.2 Å².